The fraction of sp³-hybridized carbons (Fsp3) is 0.524. The molecule has 8 heteroatoms. The Morgan fingerprint density at radius 1 is 1.10 bits per heavy atom. The van der Waals surface area contributed by atoms with Gasteiger partial charge in [0.05, 0.1) is 0 Å². The van der Waals surface area contributed by atoms with Crippen molar-refractivity contribution < 1.29 is 19.2 Å². The first-order valence-electron chi connectivity index (χ1n) is 9.81. The molecule has 8 nitrogen and oxygen atoms in total. The van der Waals surface area contributed by atoms with Gasteiger partial charge in [-0.1, -0.05) is 20.8 Å². The highest BCUT2D eigenvalue weighted by atomic mass is 16.2. The standard InChI is InChI=1S/C21H28N4O4/c1-13-9-20(3,4)12-21(10-13)18(28)25(19(29)24-21)11-17(27)23-16-7-5-15(6-8-16)22-14(2)26/h5-8,13H,9-12H2,1-4H3,(H,22,26)(H,23,27)(H,24,29)/t13-,21+/m1/s1. The fourth-order valence-electron chi connectivity index (χ4n) is 4.83. The molecule has 1 aliphatic heterocycles. The van der Waals surface area contributed by atoms with Gasteiger partial charge in [-0.3, -0.25) is 19.3 Å². The molecule has 1 spiro atoms. The molecule has 1 aromatic carbocycles. The van der Waals surface area contributed by atoms with Crippen LogP contribution in [0.1, 0.15) is 47.0 Å². The maximum atomic E-state index is 13.1. The van der Waals surface area contributed by atoms with Crippen molar-refractivity contribution in [3.8, 4) is 0 Å². The second kappa shape index (κ2) is 7.50. The van der Waals surface area contributed by atoms with Crippen LogP contribution in [0.4, 0.5) is 16.2 Å². The van der Waals surface area contributed by atoms with Crippen LogP contribution < -0.4 is 16.0 Å². The Balaban J connectivity index is 1.65. The molecule has 0 bridgehead atoms. The van der Waals surface area contributed by atoms with Crippen LogP contribution in [0, 0.1) is 11.3 Å². The maximum absolute atomic E-state index is 13.1. The molecule has 1 saturated carbocycles. The van der Waals surface area contributed by atoms with Crippen molar-refractivity contribution in [1.82, 2.24) is 10.2 Å². The van der Waals surface area contributed by atoms with Crippen molar-refractivity contribution in [3.63, 3.8) is 0 Å². The second-order valence-electron chi connectivity index (χ2n) is 9.06. The maximum Gasteiger partial charge on any atom is 0.325 e. The van der Waals surface area contributed by atoms with Gasteiger partial charge in [0.2, 0.25) is 11.8 Å². The minimum atomic E-state index is -0.918. The zero-order valence-electron chi connectivity index (χ0n) is 17.3. The largest absolute Gasteiger partial charge is 0.326 e. The number of hydrogen-bond donors (Lipinski definition) is 3. The summed E-state index contributed by atoms with van der Waals surface area (Å²) >= 11 is 0. The molecule has 2 atom stereocenters. The number of anilines is 2. The normalized spacial score (nSPS) is 25.7. The molecule has 2 fully saturated rings. The van der Waals surface area contributed by atoms with E-state index >= 15 is 0 Å². The molecule has 1 saturated heterocycles. The molecular weight excluding hydrogens is 372 g/mol. The number of urea groups is 1. The number of rotatable bonds is 4. The quantitative estimate of drug-likeness (QED) is 0.676. The van der Waals surface area contributed by atoms with Gasteiger partial charge in [0.25, 0.3) is 5.91 Å². The second-order valence-corrected chi connectivity index (χ2v) is 9.06. The Bertz CT molecular complexity index is 849. The summed E-state index contributed by atoms with van der Waals surface area (Å²) in [6, 6.07) is 6.08. The van der Waals surface area contributed by atoms with E-state index in [9.17, 15) is 19.2 Å². The molecular formula is C21H28N4O4. The van der Waals surface area contributed by atoms with E-state index < -0.39 is 17.5 Å². The van der Waals surface area contributed by atoms with Gasteiger partial charge in [-0.2, -0.15) is 0 Å². The monoisotopic (exact) mass is 400 g/mol. The van der Waals surface area contributed by atoms with Gasteiger partial charge in [-0.15, -0.1) is 0 Å². The van der Waals surface area contributed by atoms with Crippen LogP contribution >= 0.6 is 0 Å². The first kappa shape index (κ1) is 20.8. The Morgan fingerprint density at radius 2 is 1.69 bits per heavy atom. The minimum absolute atomic E-state index is 0.0610. The topological polar surface area (TPSA) is 108 Å². The van der Waals surface area contributed by atoms with Gasteiger partial charge in [0, 0.05) is 18.3 Å². The van der Waals surface area contributed by atoms with Crippen LogP contribution in [-0.4, -0.2) is 40.7 Å². The Labute approximate surface area is 170 Å². The Morgan fingerprint density at radius 3 is 2.24 bits per heavy atom. The van der Waals surface area contributed by atoms with Gasteiger partial charge < -0.3 is 16.0 Å². The third kappa shape index (κ3) is 4.58. The smallest absolute Gasteiger partial charge is 0.325 e. The zero-order chi connectivity index (χ0) is 21.4. The highest BCUT2D eigenvalue weighted by Crippen LogP contribution is 2.46. The van der Waals surface area contributed by atoms with E-state index in [0.717, 1.165) is 11.3 Å². The van der Waals surface area contributed by atoms with E-state index in [4.69, 9.17) is 0 Å². The van der Waals surface area contributed by atoms with Crippen molar-refractivity contribution in [2.45, 2.75) is 52.5 Å². The van der Waals surface area contributed by atoms with Crippen LogP contribution in [0.25, 0.3) is 0 Å². The lowest BCUT2D eigenvalue weighted by atomic mass is 9.64. The van der Waals surface area contributed by atoms with Gasteiger partial charge >= 0.3 is 6.03 Å². The summed E-state index contributed by atoms with van der Waals surface area (Å²) in [6.07, 6.45) is 2.15. The summed E-state index contributed by atoms with van der Waals surface area (Å²) in [5.74, 6) is -0.660. The van der Waals surface area contributed by atoms with Gasteiger partial charge in [0.1, 0.15) is 12.1 Å². The third-order valence-electron chi connectivity index (χ3n) is 5.41. The zero-order valence-corrected chi connectivity index (χ0v) is 17.3. The molecule has 29 heavy (non-hydrogen) atoms. The number of hydrogen-bond acceptors (Lipinski definition) is 4. The number of imide groups is 1. The number of benzene rings is 1. The molecule has 0 aromatic heterocycles. The lowest BCUT2D eigenvalue weighted by molar-refractivity contribution is -0.136. The summed E-state index contributed by atoms with van der Waals surface area (Å²) < 4.78 is 0. The minimum Gasteiger partial charge on any atom is -0.326 e. The molecule has 1 aliphatic carbocycles. The molecule has 5 amide bonds. The van der Waals surface area contributed by atoms with Gasteiger partial charge in [-0.05, 0) is 54.9 Å². The number of nitrogens with one attached hydrogen (secondary N) is 3. The summed E-state index contributed by atoms with van der Waals surface area (Å²) in [7, 11) is 0. The van der Waals surface area contributed by atoms with Crippen molar-refractivity contribution in [2.24, 2.45) is 11.3 Å². The molecule has 0 radical (unpaired) electrons. The number of carbonyl (C=O) groups is 4. The average Bonchev–Trinajstić information content (AvgIpc) is 2.78. The third-order valence-corrected chi connectivity index (χ3v) is 5.41. The summed E-state index contributed by atoms with van der Waals surface area (Å²) in [5, 5.41) is 8.19. The Kier molecular flexibility index (Phi) is 5.38. The first-order chi connectivity index (χ1) is 13.5. The predicted molar refractivity (Wildman–Crippen MR) is 109 cm³/mol. The summed E-state index contributed by atoms with van der Waals surface area (Å²) in [5.41, 5.74) is 0.145. The van der Waals surface area contributed by atoms with Crippen LogP contribution in [0.2, 0.25) is 0 Å². The van der Waals surface area contributed by atoms with Crippen molar-refractivity contribution in [2.75, 3.05) is 17.2 Å². The number of nitrogens with zero attached hydrogens (tertiary/aromatic N) is 1. The fourth-order valence-corrected chi connectivity index (χ4v) is 4.83. The van der Waals surface area contributed by atoms with Crippen LogP contribution in [0.15, 0.2) is 24.3 Å². The average molecular weight is 400 g/mol. The van der Waals surface area contributed by atoms with E-state index in [1.807, 2.05) is 0 Å². The number of amides is 5. The summed E-state index contributed by atoms with van der Waals surface area (Å²) in [6.45, 7) is 7.36. The van der Waals surface area contributed by atoms with Crippen LogP contribution in [0.3, 0.4) is 0 Å². The van der Waals surface area contributed by atoms with E-state index in [0.29, 0.717) is 30.1 Å². The summed E-state index contributed by atoms with van der Waals surface area (Å²) in [4.78, 5) is 50.1. The predicted octanol–water partition coefficient (Wildman–Crippen LogP) is 2.72. The molecule has 0 unspecified atom stereocenters. The van der Waals surface area contributed by atoms with E-state index in [1.54, 1.807) is 24.3 Å². The molecule has 1 aromatic rings. The van der Waals surface area contributed by atoms with E-state index in [-0.39, 0.29) is 23.8 Å². The van der Waals surface area contributed by atoms with Crippen molar-refractivity contribution in [3.05, 3.63) is 24.3 Å². The van der Waals surface area contributed by atoms with Crippen molar-refractivity contribution >= 4 is 35.1 Å². The molecule has 2 aliphatic rings. The van der Waals surface area contributed by atoms with Gasteiger partial charge in [0.15, 0.2) is 0 Å². The van der Waals surface area contributed by atoms with Crippen LogP contribution in [-0.2, 0) is 14.4 Å². The highest BCUT2D eigenvalue weighted by Gasteiger charge is 2.56. The van der Waals surface area contributed by atoms with Crippen molar-refractivity contribution in [1.29, 1.82) is 0 Å². The molecule has 3 N–H and O–H groups in total. The van der Waals surface area contributed by atoms with Crippen LogP contribution in [0.5, 0.6) is 0 Å². The van der Waals surface area contributed by atoms with Gasteiger partial charge in [-0.25, -0.2) is 4.79 Å². The molecule has 156 valence electrons. The Hall–Kier alpha value is -2.90. The SMILES string of the molecule is CC(=O)Nc1ccc(NC(=O)CN2C(=O)N[C@]3(C[C@H](C)CC(C)(C)C3)C2=O)cc1. The molecule has 3 rings (SSSR count). The first-order valence-corrected chi connectivity index (χ1v) is 9.81. The van der Waals surface area contributed by atoms with E-state index in [2.05, 4.69) is 36.7 Å². The highest BCUT2D eigenvalue weighted by molar-refractivity contribution is 6.10. The number of carbonyl (C=O) groups excluding carboxylic acids is 4. The van der Waals surface area contributed by atoms with E-state index in [1.165, 1.54) is 6.92 Å². The lowest BCUT2D eigenvalue weighted by Crippen LogP contribution is -2.54. The lowest BCUT2D eigenvalue weighted by Gasteiger charge is -2.43. The molecule has 1 heterocycles.